The molecule has 2 saturated carbocycles. The van der Waals surface area contributed by atoms with Gasteiger partial charge in [0.15, 0.2) is 0 Å². The Kier molecular flexibility index (Phi) is 2.99. The second kappa shape index (κ2) is 4.24. The van der Waals surface area contributed by atoms with Crippen molar-refractivity contribution < 1.29 is 4.74 Å². The van der Waals surface area contributed by atoms with Gasteiger partial charge in [0, 0.05) is 12.0 Å². The lowest BCUT2D eigenvalue weighted by Crippen LogP contribution is -2.60. The number of rotatable bonds is 0. The highest BCUT2D eigenvalue weighted by Crippen LogP contribution is 2.45. The predicted molar refractivity (Wildman–Crippen MR) is 69.8 cm³/mol. The summed E-state index contributed by atoms with van der Waals surface area (Å²) in [5, 5.41) is 3.81. The van der Waals surface area contributed by atoms with Gasteiger partial charge >= 0.3 is 0 Å². The van der Waals surface area contributed by atoms with Crippen LogP contribution in [0.5, 0.6) is 0 Å². The van der Waals surface area contributed by atoms with Crippen LogP contribution in [0.2, 0.25) is 0 Å². The third-order valence-electron chi connectivity index (χ3n) is 5.27. The maximum atomic E-state index is 6.37. The highest BCUT2D eigenvalue weighted by Gasteiger charge is 2.47. The van der Waals surface area contributed by atoms with Crippen LogP contribution in [-0.4, -0.2) is 18.9 Å². The molecule has 0 radical (unpaired) electrons. The van der Waals surface area contributed by atoms with Gasteiger partial charge in [0.1, 0.15) is 5.72 Å². The van der Waals surface area contributed by atoms with Crippen molar-refractivity contribution in [3.63, 3.8) is 0 Å². The van der Waals surface area contributed by atoms with Crippen molar-refractivity contribution >= 4 is 0 Å². The van der Waals surface area contributed by atoms with E-state index in [0.717, 1.165) is 18.4 Å². The zero-order valence-electron chi connectivity index (χ0n) is 11.4. The van der Waals surface area contributed by atoms with Crippen molar-refractivity contribution in [2.75, 3.05) is 13.2 Å². The van der Waals surface area contributed by atoms with E-state index in [4.69, 9.17) is 4.74 Å². The van der Waals surface area contributed by atoms with Gasteiger partial charge in [0.05, 0.1) is 6.61 Å². The average molecular weight is 237 g/mol. The van der Waals surface area contributed by atoms with Crippen LogP contribution < -0.4 is 5.32 Å². The van der Waals surface area contributed by atoms with E-state index in [9.17, 15) is 0 Å². The molecule has 17 heavy (non-hydrogen) atoms. The number of ether oxygens (including phenoxy) is 1. The summed E-state index contributed by atoms with van der Waals surface area (Å²) in [5.74, 6) is 1.62. The molecule has 3 rings (SSSR count). The summed E-state index contributed by atoms with van der Waals surface area (Å²) in [6, 6.07) is 0. The largest absolute Gasteiger partial charge is 0.360 e. The van der Waals surface area contributed by atoms with Gasteiger partial charge < -0.3 is 4.74 Å². The molecule has 2 heteroatoms. The Bertz CT molecular complexity index is 261. The standard InChI is InChI=1S/C15H27NO/c1-12-7-13(2)9-15(8-12)16-10-14(11-17-15)5-3-4-6-14/h12-13,16H,3-11H2,1-2H3. The molecule has 1 N–H and O–H groups in total. The smallest absolute Gasteiger partial charge is 0.119 e. The predicted octanol–water partition coefficient (Wildman–Crippen LogP) is 3.32. The van der Waals surface area contributed by atoms with Crippen molar-refractivity contribution in [1.82, 2.24) is 5.32 Å². The van der Waals surface area contributed by atoms with Gasteiger partial charge in [-0.05, 0) is 43.9 Å². The Morgan fingerprint density at radius 2 is 1.71 bits per heavy atom. The van der Waals surface area contributed by atoms with Crippen molar-refractivity contribution in [2.45, 2.75) is 64.5 Å². The summed E-state index contributed by atoms with van der Waals surface area (Å²) in [6.07, 6.45) is 9.37. The average Bonchev–Trinajstić information content (AvgIpc) is 2.71. The van der Waals surface area contributed by atoms with E-state index in [1.54, 1.807) is 0 Å². The summed E-state index contributed by atoms with van der Waals surface area (Å²) >= 11 is 0. The second-order valence-electron chi connectivity index (χ2n) is 7.20. The van der Waals surface area contributed by atoms with Gasteiger partial charge in [-0.1, -0.05) is 26.7 Å². The summed E-state index contributed by atoms with van der Waals surface area (Å²) in [4.78, 5) is 0. The van der Waals surface area contributed by atoms with Crippen molar-refractivity contribution in [3.05, 3.63) is 0 Å². The van der Waals surface area contributed by atoms with E-state index in [2.05, 4.69) is 19.2 Å². The number of hydrogen-bond donors (Lipinski definition) is 1. The Labute approximate surface area is 105 Å². The molecule has 1 aliphatic heterocycles. The van der Waals surface area contributed by atoms with Gasteiger partial charge in [0.25, 0.3) is 0 Å². The van der Waals surface area contributed by atoms with Crippen LogP contribution in [0.15, 0.2) is 0 Å². The maximum Gasteiger partial charge on any atom is 0.119 e. The van der Waals surface area contributed by atoms with Gasteiger partial charge in [-0.2, -0.15) is 0 Å². The van der Waals surface area contributed by atoms with E-state index in [1.165, 1.54) is 51.5 Å². The Hall–Kier alpha value is -0.0800. The quantitative estimate of drug-likeness (QED) is 0.698. The maximum absolute atomic E-state index is 6.37. The molecule has 0 bridgehead atoms. The van der Waals surface area contributed by atoms with Crippen molar-refractivity contribution in [3.8, 4) is 0 Å². The summed E-state index contributed by atoms with van der Waals surface area (Å²) < 4.78 is 6.37. The highest BCUT2D eigenvalue weighted by atomic mass is 16.5. The first-order valence-corrected chi connectivity index (χ1v) is 7.51. The van der Waals surface area contributed by atoms with E-state index < -0.39 is 0 Å². The zero-order chi connectivity index (χ0) is 11.9. The van der Waals surface area contributed by atoms with Crippen LogP contribution in [0, 0.1) is 17.3 Å². The Morgan fingerprint density at radius 1 is 1.06 bits per heavy atom. The van der Waals surface area contributed by atoms with Gasteiger partial charge in [-0.3, -0.25) is 5.32 Å². The minimum Gasteiger partial charge on any atom is -0.360 e. The molecule has 2 unspecified atom stereocenters. The van der Waals surface area contributed by atoms with Crippen molar-refractivity contribution in [2.24, 2.45) is 17.3 Å². The molecule has 0 aromatic heterocycles. The second-order valence-corrected chi connectivity index (χ2v) is 7.20. The molecular weight excluding hydrogens is 210 g/mol. The first-order chi connectivity index (χ1) is 8.12. The fourth-order valence-electron chi connectivity index (χ4n) is 4.51. The zero-order valence-corrected chi connectivity index (χ0v) is 11.4. The lowest BCUT2D eigenvalue weighted by Gasteiger charge is -2.50. The Morgan fingerprint density at radius 3 is 2.24 bits per heavy atom. The molecule has 0 aromatic carbocycles. The topological polar surface area (TPSA) is 21.3 Å². The van der Waals surface area contributed by atoms with Gasteiger partial charge in [0.2, 0.25) is 0 Å². The lowest BCUT2D eigenvalue weighted by atomic mass is 9.75. The summed E-state index contributed by atoms with van der Waals surface area (Å²) in [6.45, 7) is 6.97. The fourth-order valence-corrected chi connectivity index (χ4v) is 4.51. The molecule has 0 aromatic rings. The molecule has 2 atom stereocenters. The Balaban J connectivity index is 1.66. The van der Waals surface area contributed by atoms with Gasteiger partial charge in [-0.15, -0.1) is 0 Å². The fraction of sp³-hybridized carbons (Fsp3) is 1.00. The van der Waals surface area contributed by atoms with E-state index >= 15 is 0 Å². The molecule has 1 heterocycles. The molecule has 3 fully saturated rings. The first-order valence-electron chi connectivity index (χ1n) is 7.51. The molecule has 1 saturated heterocycles. The normalized spacial score (nSPS) is 45.5. The van der Waals surface area contributed by atoms with E-state index in [0.29, 0.717) is 5.41 Å². The molecule has 2 spiro atoms. The number of nitrogens with one attached hydrogen (secondary N) is 1. The van der Waals surface area contributed by atoms with Crippen LogP contribution >= 0.6 is 0 Å². The first kappa shape index (κ1) is 12.0. The van der Waals surface area contributed by atoms with Crippen LogP contribution in [0.3, 0.4) is 0 Å². The van der Waals surface area contributed by atoms with E-state index in [-0.39, 0.29) is 5.72 Å². The van der Waals surface area contributed by atoms with E-state index in [1.807, 2.05) is 0 Å². The summed E-state index contributed by atoms with van der Waals surface area (Å²) in [7, 11) is 0. The minimum atomic E-state index is 0.0327. The van der Waals surface area contributed by atoms with Gasteiger partial charge in [-0.25, -0.2) is 0 Å². The van der Waals surface area contributed by atoms with Crippen LogP contribution in [-0.2, 0) is 4.74 Å². The summed E-state index contributed by atoms with van der Waals surface area (Å²) in [5.41, 5.74) is 0.528. The molecule has 2 aliphatic carbocycles. The minimum absolute atomic E-state index is 0.0327. The molecule has 2 nitrogen and oxygen atoms in total. The van der Waals surface area contributed by atoms with Crippen LogP contribution in [0.1, 0.15) is 58.8 Å². The lowest BCUT2D eigenvalue weighted by molar-refractivity contribution is -0.174. The highest BCUT2D eigenvalue weighted by molar-refractivity contribution is 4.97. The molecule has 0 amide bonds. The van der Waals surface area contributed by atoms with Crippen LogP contribution in [0.25, 0.3) is 0 Å². The van der Waals surface area contributed by atoms with Crippen molar-refractivity contribution in [1.29, 1.82) is 0 Å². The molecule has 98 valence electrons. The molecule has 3 aliphatic rings. The molecular formula is C15H27NO. The third-order valence-corrected chi connectivity index (χ3v) is 5.27. The van der Waals surface area contributed by atoms with Crippen LogP contribution in [0.4, 0.5) is 0 Å². The third kappa shape index (κ3) is 2.26. The number of hydrogen-bond acceptors (Lipinski definition) is 2. The monoisotopic (exact) mass is 237 g/mol. The SMILES string of the molecule is CC1CC(C)CC2(C1)NCC1(CCCC1)CO2.